The summed E-state index contributed by atoms with van der Waals surface area (Å²) in [5.74, 6) is 0. The van der Waals surface area contributed by atoms with E-state index in [9.17, 15) is 0 Å². The standard InChI is InChI=1S/2C12H30N3O3P.C12H8N2.Cu.HI/c2*1-13(4-7-16)10-19(11-14(2)5-8-17)12-15(3)6-9-18;1-3-9-5-6-10-4-2-8-14-12(10)11(9)13-7-1;;/h2*16-18H,4-12H2,1-3H3;1-8H;;1H/q;;;+1;/p-1. The maximum absolute atomic E-state index is 8.96. The molecule has 0 fully saturated rings. The summed E-state index contributed by atoms with van der Waals surface area (Å²) in [5.41, 5.74) is 1.95. The number of aliphatic hydroxyl groups excluding tert-OH is 6. The van der Waals surface area contributed by atoms with Gasteiger partial charge in [-0.05, 0) is 54.4 Å². The molecular formula is C36H68CuIN8O6P2. The Labute approximate surface area is 346 Å². The molecule has 0 bridgehead atoms. The second-order valence-corrected chi connectivity index (χ2v) is 17.6. The fourth-order valence-corrected chi connectivity index (χ4v) is 10.9. The first-order valence-corrected chi connectivity index (χ1v) is 24.8. The van der Waals surface area contributed by atoms with Crippen LogP contribution in [-0.4, -0.2) is 229 Å². The molecule has 6 N–H and O–H groups in total. The van der Waals surface area contributed by atoms with E-state index in [1.807, 2.05) is 54.4 Å². The summed E-state index contributed by atoms with van der Waals surface area (Å²) in [4.78, 5) is 21.6. The van der Waals surface area contributed by atoms with Gasteiger partial charge in [0.2, 0.25) is 0 Å². The Morgan fingerprint density at radius 3 is 0.870 bits per heavy atom. The number of pyridine rings is 2. The Balaban J connectivity index is 0.000000767. The van der Waals surface area contributed by atoms with Crippen LogP contribution in [0.4, 0.5) is 0 Å². The van der Waals surface area contributed by atoms with Crippen molar-refractivity contribution < 1.29 is 43.4 Å². The molecule has 0 radical (unpaired) electrons. The van der Waals surface area contributed by atoms with E-state index in [-0.39, 0.29) is 55.5 Å². The zero-order chi connectivity index (χ0) is 40.7. The van der Waals surface area contributed by atoms with Gasteiger partial charge in [0.15, 0.2) is 0 Å². The largest absolute Gasteiger partial charge is 0.254 e. The summed E-state index contributed by atoms with van der Waals surface area (Å²) in [5, 5.41) is 56.0. The van der Waals surface area contributed by atoms with E-state index >= 15 is 0 Å². The Hall–Kier alpha value is -0.331. The maximum Gasteiger partial charge on any atom is 0.0964 e. The minimum absolute atomic E-state index is 0.179. The molecule has 1 aromatic carbocycles. The summed E-state index contributed by atoms with van der Waals surface area (Å²) in [6.07, 6.45) is 9.36. The average Bonchev–Trinajstić information content (AvgIpc) is 3.13. The molecule has 0 aliphatic heterocycles. The van der Waals surface area contributed by atoms with Crippen LogP contribution in [0.3, 0.4) is 0 Å². The number of nitrogens with zero attached hydrogens (tertiary/aromatic N) is 8. The molecule has 0 aliphatic rings. The second-order valence-electron chi connectivity index (χ2n) is 13.2. The first kappa shape index (κ1) is 53.7. The van der Waals surface area contributed by atoms with Gasteiger partial charge >= 0.3 is 33.1 Å². The van der Waals surface area contributed by atoms with Gasteiger partial charge in [-0.25, -0.2) is 0 Å². The quantitative estimate of drug-likeness (QED) is 0.0334. The van der Waals surface area contributed by atoms with Gasteiger partial charge in [0.1, 0.15) is 0 Å². The molecule has 14 nitrogen and oxygen atoms in total. The Morgan fingerprint density at radius 2 is 0.667 bits per heavy atom. The second kappa shape index (κ2) is 34.7. The topological polar surface area (TPSA) is 167 Å². The van der Waals surface area contributed by atoms with Crippen LogP contribution in [-0.2, 0) is 12.8 Å². The fraction of sp³-hybridized carbons (Fsp3) is 0.667. The molecule has 0 aliphatic carbocycles. The van der Waals surface area contributed by atoms with E-state index in [1.54, 1.807) is 32.7 Å². The van der Waals surface area contributed by atoms with E-state index in [0.717, 1.165) is 59.5 Å². The third kappa shape index (κ3) is 25.1. The number of rotatable bonds is 24. The van der Waals surface area contributed by atoms with Crippen LogP contribution in [0.15, 0.2) is 48.8 Å². The predicted octanol–water partition coefficient (Wildman–Crippen LogP) is 1.89. The number of likely N-dealkylation sites (N-methyl/N-ethyl adjacent to an activating group) is 6. The number of halogens is 1. The zero-order valence-corrected chi connectivity index (χ0v) is 38.1. The fourth-order valence-electron chi connectivity index (χ4n) is 5.45. The van der Waals surface area contributed by atoms with Crippen molar-refractivity contribution in [1.82, 2.24) is 39.4 Å². The predicted molar refractivity (Wildman–Crippen MR) is 232 cm³/mol. The summed E-state index contributed by atoms with van der Waals surface area (Å²) < 4.78 is 0. The average molecular weight is 961 g/mol. The van der Waals surface area contributed by atoms with E-state index < -0.39 is 0 Å². The number of aromatic nitrogens is 2. The normalized spacial score (nSPS) is 11.6. The van der Waals surface area contributed by atoms with E-state index in [1.165, 1.54) is 0 Å². The van der Waals surface area contributed by atoms with Crippen LogP contribution in [0.5, 0.6) is 0 Å². The van der Waals surface area contributed by atoms with Crippen LogP contribution >= 0.6 is 36.2 Å². The Morgan fingerprint density at radius 1 is 0.444 bits per heavy atom. The maximum atomic E-state index is 8.96. The van der Waals surface area contributed by atoms with Crippen molar-refractivity contribution in [2.24, 2.45) is 0 Å². The van der Waals surface area contributed by atoms with E-state index in [0.29, 0.717) is 39.3 Å². The third-order valence-corrected chi connectivity index (χ3v) is 13.2. The summed E-state index contributed by atoms with van der Waals surface area (Å²) in [6, 6.07) is 12.1. The van der Waals surface area contributed by atoms with Crippen molar-refractivity contribution in [2.45, 2.75) is 0 Å². The SMILES string of the molecule is CN(CCO)CP(CN(C)CCO)CN(C)CCO.CN(CCO)CP(CN(C)CCO)CN(C)CCO.[Cu][I].c1cnc2c(c1)ccc1cccnc12. The van der Waals surface area contributed by atoms with Crippen molar-refractivity contribution in [3.63, 3.8) is 0 Å². The summed E-state index contributed by atoms with van der Waals surface area (Å²) in [7, 11) is 11.6. The molecule has 3 aromatic rings. The molecule has 18 heteroatoms. The Bertz CT molecular complexity index is 1160. The van der Waals surface area contributed by atoms with Crippen molar-refractivity contribution in [3.8, 4) is 0 Å². The van der Waals surface area contributed by atoms with Gasteiger partial charge in [0, 0.05) is 100 Å². The van der Waals surface area contributed by atoms with Gasteiger partial charge in [0.05, 0.1) is 50.7 Å². The number of fused-ring (bicyclic) bond motifs is 3. The molecule has 0 unspecified atom stereocenters. The van der Waals surface area contributed by atoms with Crippen molar-refractivity contribution in [2.75, 3.05) is 159 Å². The van der Waals surface area contributed by atoms with Crippen LogP contribution < -0.4 is 0 Å². The van der Waals surface area contributed by atoms with Gasteiger partial charge in [-0.15, -0.1) is 0 Å². The van der Waals surface area contributed by atoms with Crippen LogP contribution in [0.25, 0.3) is 21.8 Å². The van der Waals surface area contributed by atoms with Crippen molar-refractivity contribution >= 4 is 58.0 Å². The molecule has 54 heavy (non-hydrogen) atoms. The van der Waals surface area contributed by atoms with Crippen LogP contribution in [0, 0.1) is 0 Å². The molecule has 0 spiro atoms. The third-order valence-electron chi connectivity index (χ3n) is 7.88. The van der Waals surface area contributed by atoms with Crippen LogP contribution in [0.1, 0.15) is 0 Å². The van der Waals surface area contributed by atoms with Gasteiger partial charge < -0.3 is 30.6 Å². The minimum atomic E-state index is -0.269. The van der Waals surface area contributed by atoms with Gasteiger partial charge in [-0.2, -0.15) is 0 Å². The number of aliphatic hydroxyl groups is 6. The number of hydrogen-bond acceptors (Lipinski definition) is 14. The number of hydrogen-bond donors (Lipinski definition) is 6. The molecule has 2 aromatic heterocycles. The minimum Gasteiger partial charge on any atom is -0.254 e. The van der Waals surface area contributed by atoms with E-state index in [4.69, 9.17) is 30.6 Å². The molecular weight excluding hydrogens is 893 g/mol. The first-order chi connectivity index (χ1) is 26.0. The van der Waals surface area contributed by atoms with Crippen molar-refractivity contribution in [3.05, 3.63) is 48.8 Å². The smallest absolute Gasteiger partial charge is 0.0964 e. The molecule has 0 saturated heterocycles. The molecule has 2 heterocycles. The monoisotopic (exact) mass is 960 g/mol. The Kier molecular flexibility index (Phi) is 34.5. The van der Waals surface area contributed by atoms with Gasteiger partial charge in [-0.1, -0.05) is 40.1 Å². The molecule has 3 rings (SSSR count). The van der Waals surface area contributed by atoms with Gasteiger partial charge in [0.25, 0.3) is 0 Å². The first-order valence-electron chi connectivity index (χ1n) is 17.9. The molecule has 316 valence electrons. The van der Waals surface area contributed by atoms with Crippen molar-refractivity contribution in [1.29, 1.82) is 0 Å². The van der Waals surface area contributed by atoms with Crippen LogP contribution in [0.2, 0.25) is 0 Å². The summed E-state index contributed by atoms with van der Waals surface area (Å²) >= 11 is 5.87. The summed E-state index contributed by atoms with van der Waals surface area (Å²) in [6.45, 7) is 5.20. The molecule has 0 amide bonds. The zero-order valence-electron chi connectivity index (χ0n) is 33.2. The number of benzene rings is 1. The molecule has 0 atom stereocenters. The molecule has 0 saturated carbocycles. The van der Waals surface area contributed by atoms with E-state index in [2.05, 4.69) is 76.4 Å². The van der Waals surface area contributed by atoms with Gasteiger partial charge in [-0.3, -0.25) is 39.4 Å².